The van der Waals surface area contributed by atoms with Crippen LogP contribution in [0.1, 0.15) is 24.1 Å². The molecule has 7 nitrogen and oxygen atoms in total. The first kappa shape index (κ1) is 15.4. The molecule has 128 valence electrons. The molecule has 0 bridgehead atoms. The summed E-state index contributed by atoms with van der Waals surface area (Å²) in [6.45, 7) is 2.48. The lowest BCUT2D eigenvalue weighted by Crippen LogP contribution is -2.41. The van der Waals surface area contributed by atoms with Gasteiger partial charge in [0.05, 0.1) is 11.6 Å². The molecule has 1 N–H and O–H groups in total. The summed E-state index contributed by atoms with van der Waals surface area (Å²) in [6.07, 6.45) is 1.67. The summed E-state index contributed by atoms with van der Waals surface area (Å²) in [7, 11) is 0. The van der Waals surface area contributed by atoms with Crippen molar-refractivity contribution in [1.82, 2.24) is 9.88 Å². The van der Waals surface area contributed by atoms with E-state index in [1.54, 1.807) is 29.3 Å². The third-order valence-electron chi connectivity index (χ3n) is 4.42. The molecule has 3 heterocycles. The molecule has 2 aliphatic rings. The second-order valence-electron chi connectivity index (χ2n) is 6.06. The summed E-state index contributed by atoms with van der Waals surface area (Å²) in [4.78, 5) is 30.7. The maximum absolute atomic E-state index is 12.8. The van der Waals surface area contributed by atoms with Gasteiger partial charge in [-0.15, -0.1) is 0 Å². The van der Waals surface area contributed by atoms with E-state index in [2.05, 4.69) is 10.3 Å². The van der Waals surface area contributed by atoms with Gasteiger partial charge in [-0.3, -0.25) is 14.6 Å². The van der Waals surface area contributed by atoms with E-state index in [4.69, 9.17) is 9.47 Å². The standard InChI is InChI=1S/C18H17N3O4/c1-11(22)21-8-12-3-2-6-19-17(12)14(9-21)18(23)20-13-4-5-15-16(7-13)25-10-24-15/h2-7,14H,8-10H2,1H3,(H,20,23). The summed E-state index contributed by atoms with van der Waals surface area (Å²) < 4.78 is 10.6. The van der Waals surface area contributed by atoms with Crippen molar-refractivity contribution in [3.8, 4) is 11.5 Å². The lowest BCUT2D eigenvalue weighted by Gasteiger charge is -2.32. The van der Waals surface area contributed by atoms with E-state index in [9.17, 15) is 9.59 Å². The first-order valence-electron chi connectivity index (χ1n) is 8.01. The predicted octanol–water partition coefficient (Wildman–Crippen LogP) is 1.89. The summed E-state index contributed by atoms with van der Waals surface area (Å²) in [5.41, 5.74) is 2.24. The third-order valence-corrected chi connectivity index (χ3v) is 4.42. The van der Waals surface area contributed by atoms with Crippen molar-refractivity contribution in [3.63, 3.8) is 0 Å². The SMILES string of the molecule is CC(=O)N1Cc2cccnc2C(C(=O)Nc2ccc3c(c2)OCO3)C1. The summed E-state index contributed by atoms with van der Waals surface area (Å²) in [5.74, 6) is 0.482. The fourth-order valence-corrected chi connectivity index (χ4v) is 3.13. The fraction of sp³-hybridized carbons (Fsp3) is 0.278. The van der Waals surface area contributed by atoms with Crippen LogP contribution in [0.5, 0.6) is 11.5 Å². The lowest BCUT2D eigenvalue weighted by atomic mass is 9.93. The number of aromatic nitrogens is 1. The number of rotatable bonds is 2. The van der Waals surface area contributed by atoms with Gasteiger partial charge in [-0.05, 0) is 23.8 Å². The molecule has 1 unspecified atom stereocenters. The Kier molecular flexibility index (Phi) is 3.76. The van der Waals surface area contributed by atoms with Crippen LogP contribution in [0.3, 0.4) is 0 Å². The molecule has 2 amide bonds. The van der Waals surface area contributed by atoms with Gasteiger partial charge < -0.3 is 19.7 Å². The molecule has 4 rings (SSSR count). The number of nitrogens with zero attached hydrogens (tertiary/aromatic N) is 2. The largest absolute Gasteiger partial charge is 0.454 e. The van der Waals surface area contributed by atoms with Crippen molar-refractivity contribution in [1.29, 1.82) is 0 Å². The number of fused-ring (bicyclic) bond motifs is 2. The number of anilines is 1. The Balaban J connectivity index is 1.59. The number of pyridine rings is 1. The average Bonchev–Trinajstić information content (AvgIpc) is 3.08. The summed E-state index contributed by atoms with van der Waals surface area (Å²) in [6, 6.07) is 8.96. The molecule has 0 spiro atoms. The monoisotopic (exact) mass is 339 g/mol. The summed E-state index contributed by atoms with van der Waals surface area (Å²) >= 11 is 0. The van der Waals surface area contributed by atoms with Gasteiger partial charge in [0, 0.05) is 38.0 Å². The zero-order valence-electron chi connectivity index (χ0n) is 13.7. The predicted molar refractivity (Wildman–Crippen MR) is 89.3 cm³/mol. The number of carbonyl (C=O) groups is 2. The van der Waals surface area contributed by atoms with E-state index < -0.39 is 5.92 Å². The molecule has 1 aromatic carbocycles. The van der Waals surface area contributed by atoms with Gasteiger partial charge in [0.1, 0.15) is 0 Å². The molecule has 1 aromatic heterocycles. The van der Waals surface area contributed by atoms with Crippen LogP contribution in [0.4, 0.5) is 5.69 Å². The van der Waals surface area contributed by atoms with Gasteiger partial charge in [0.2, 0.25) is 18.6 Å². The highest BCUT2D eigenvalue weighted by molar-refractivity contribution is 5.96. The van der Waals surface area contributed by atoms with E-state index in [0.717, 1.165) is 11.3 Å². The number of benzene rings is 1. The van der Waals surface area contributed by atoms with Crippen molar-refractivity contribution in [2.24, 2.45) is 0 Å². The van der Waals surface area contributed by atoms with Crippen molar-refractivity contribution >= 4 is 17.5 Å². The Labute approximate surface area is 144 Å². The van der Waals surface area contributed by atoms with Gasteiger partial charge in [-0.1, -0.05) is 6.07 Å². The van der Waals surface area contributed by atoms with Crippen molar-refractivity contribution in [3.05, 3.63) is 47.8 Å². The number of carbonyl (C=O) groups excluding carboxylic acids is 2. The Bertz CT molecular complexity index is 852. The second kappa shape index (κ2) is 6.08. The molecule has 0 saturated heterocycles. The molecule has 0 radical (unpaired) electrons. The van der Waals surface area contributed by atoms with Gasteiger partial charge in [0.15, 0.2) is 11.5 Å². The topological polar surface area (TPSA) is 80.8 Å². The van der Waals surface area contributed by atoms with Gasteiger partial charge in [-0.25, -0.2) is 0 Å². The maximum atomic E-state index is 12.8. The van der Waals surface area contributed by atoms with E-state index in [1.807, 2.05) is 12.1 Å². The van der Waals surface area contributed by atoms with Crippen LogP contribution in [0.15, 0.2) is 36.5 Å². The van der Waals surface area contributed by atoms with E-state index in [1.165, 1.54) is 6.92 Å². The highest BCUT2D eigenvalue weighted by Gasteiger charge is 2.33. The van der Waals surface area contributed by atoms with Crippen LogP contribution in [-0.2, 0) is 16.1 Å². The van der Waals surface area contributed by atoms with Crippen molar-refractivity contribution < 1.29 is 19.1 Å². The number of ether oxygens (including phenoxy) is 2. The Morgan fingerprint density at radius 3 is 2.92 bits per heavy atom. The highest BCUT2D eigenvalue weighted by Crippen LogP contribution is 2.35. The molecule has 25 heavy (non-hydrogen) atoms. The number of nitrogens with one attached hydrogen (secondary N) is 1. The number of amides is 2. The Morgan fingerprint density at radius 1 is 1.24 bits per heavy atom. The molecule has 0 aliphatic carbocycles. The van der Waals surface area contributed by atoms with E-state index >= 15 is 0 Å². The molecule has 0 saturated carbocycles. The zero-order valence-corrected chi connectivity index (χ0v) is 13.7. The Hall–Kier alpha value is -3.09. The van der Waals surface area contributed by atoms with Gasteiger partial charge in [0.25, 0.3) is 0 Å². The van der Waals surface area contributed by atoms with Crippen LogP contribution >= 0.6 is 0 Å². The minimum absolute atomic E-state index is 0.0598. The first-order chi connectivity index (χ1) is 12.1. The molecule has 2 aliphatic heterocycles. The van der Waals surface area contributed by atoms with E-state index in [-0.39, 0.29) is 18.6 Å². The normalized spacial score (nSPS) is 17.8. The third kappa shape index (κ3) is 2.88. The number of hydrogen-bond acceptors (Lipinski definition) is 5. The van der Waals surface area contributed by atoms with Crippen LogP contribution in [0.25, 0.3) is 0 Å². The summed E-state index contributed by atoms with van der Waals surface area (Å²) in [5, 5.41) is 2.89. The average molecular weight is 339 g/mol. The molecule has 1 atom stereocenters. The van der Waals surface area contributed by atoms with Crippen molar-refractivity contribution in [2.75, 3.05) is 18.7 Å². The molecular weight excluding hydrogens is 322 g/mol. The van der Waals surface area contributed by atoms with Crippen LogP contribution in [-0.4, -0.2) is 35.0 Å². The van der Waals surface area contributed by atoms with E-state index in [0.29, 0.717) is 30.3 Å². The highest BCUT2D eigenvalue weighted by atomic mass is 16.7. The zero-order chi connectivity index (χ0) is 17.4. The molecule has 2 aromatic rings. The molecular formula is C18H17N3O4. The van der Waals surface area contributed by atoms with Crippen molar-refractivity contribution in [2.45, 2.75) is 19.4 Å². The number of hydrogen-bond donors (Lipinski definition) is 1. The van der Waals surface area contributed by atoms with Gasteiger partial charge >= 0.3 is 0 Å². The van der Waals surface area contributed by atoms with Crippen LogP contribution < -0.4 is 14.8 Å². The fourth-order valence-electron chi connectivity index (χ4n) is 3.13. The molecule has 7 heteroatoms. The maximum Gasteiger partial charge on any atom is 0.235 e. The van der Waals surface area contributed by atoms with Crippen LogP contribution in [0, 0.1) is 0 Å². The van der Waals surface area contributed by atoms with Gasteiger partial charge in [-0.2, -0.15) is 0 Å². The second-order valence-corrected chi connectivity index (χ2v) is 6.06. The molecule has 0 fully saturated rings. The lowest BCUT2D eigenvalue weighted by molar-refractivity contribution is -0.131. The minimum atomic E-state index is -0.515. The minimum Gasteiger partial charge on any atom is -0.454 e. The quantitative estimate of drug-likeness (QED) is 0.904. The smallest absolute Gasteiger partial charge is 0.235 e. The Morgan fingerprint density at radius 2 is 2.08 bits per heavy atom. The first-order valence-corrected chi connectivity index (χ1v) is 8.01. The van der Waals surface area contributed by atoms with Crippen LogP contribution in [0.2, 0.25) is 0 Å².